The Morgan fingerprint density at radius 2 is 2.10 bits per heavy atom. The molecule has 0 spiro atoms. The summed E-state index contributed by atoms with van der Waals surface area (Å²) in [6.45, 7) is 6.08. The predicted octanol–water partition coefficient (Wildman–Crippen LogP) is 4.60. The minimum Gasteiger partial charge on any atom is -0.493 e. The third-order valence-electron chi connectivity index (χ3n) is 4.73. The van der Waals surface area contributed by atoms with Gasteiger partial charge in [-0.3, -0.25) is 4.79 Å². The number of methoxy groups -OCH3 is 1. The highest BCUT2D eigenvalue weighted by molar-refractivity contribution is 8.05. The fraction of sp³-hybridized carbons (Fsp3) is 0.240. The van der Waals surface area contributed by atoms with Gasteiger partial charge in [-0.25, -0.2) is 0 Å². The molecule has 1 heterocycles. The van der Waals surface area contributed by atoms with Crippen molar-refractivity contribution in [3.05, 3.63) is 70.6 Å². The van der Waals surface area contributed by atoms with Crippen molar-refractivity contribution >= 4 is 29.4 Å². The molecule has 0 unspecified atom stereocenters. The van der Waals surface area contributed by atoms with Crippen LogP contribution in [-0.4, -0.2) is 25.1 Å². The van der Waals surface area contributed by atoms with Crippen molar-refractivity contribution in [2.24, 2.45) is 0 Å². The van der Waals surface area contributed by atoms with E-state index in [0.717, 1.165) is 23.2 Å². The summed E-state index contributed by atoms with van der Waals surface area (Å²) in [4.78, 5) is 13.1. The summed E-state index contributed by atoms with van der Waals surface area (Å²) in [5, 5.41) is 6.30. The molecule has 0 aromatic heterocycles. The van der Waals surface area contributed by atoms with Crippen molar-refractivity contribution < 1.29 is 14.3 Å². The van der Waals surface area contributed by atoms with Gasteiger partial charge in [0.15, 0.2) is 17.0 Å². The molecule has 0 bridgehead atoms. The third kappa shape index (κ3) is 5.65. The Labute approximate surface area is 187 Å². The molecule has 0 aliphatic carbocycles. The number of ether oxygens (including phenoxy) is 2. The first-order valence-corrected chi connectivity index (χ1v) is 10.9. The number of carbonyl (C=O) groups excluding carboxylic acids is 1. The average Bonchev–Trinajstić information content (AvgIpc) is 3.11. The molecule has 1 saturated heterocycles. The molecule has 2 N–H and O–H groups in total. The molecule has 6 heteroatoms. The van der Waals surface area contributed by atoms with Gasteiger partial charge < -0.3 is 20.1 Å². The number of benzene rings is 2. The summed E-state index contributed by atoms with van der Waals surface area (Å²) in [7, 11) is 1.58. The Kier molecular flexibility index (Phi) is 7.69. The number of anilines is 1. The average molecular weight is 435 g/mol. The van der Waals surface area contributed by atoms with Gasteiger partial charge in [0.05, 0.1) is 12.0 Å². The molecule has 0 saturated carbocycles. The maximum absolute atomic E-state index is 12.5. The van der Waals surface area contributed by atoms with Crippen LogP contribution in [0.2, 0.25) is 0 Å². The first-order valence-electron chi connectivity index (χ1n) is 10.0. The summed E-state index contributed by atoms with van der Waals surface area (Å²) >= 11 is 1.44. The minimum absolute atomic E-state index is 0.121. The lowest BCUT2D eigenvalue weighted by atomic mass is 10.0. The molecule has 1 aliphatic heterocycles. The van der Waals surface area contributed by atoms with E-state index in [1.807, 2.05) is 30.3 Å². The number of nitrogens with one attached hydrogen (secondary N) is 2. The van der Waals surface area contributed by atoms with Gasteiger partial charge in [0.25, 0.3) is 5.91 Å². The van der Waals surface area contributed by atoms with Crippen molar-refractivity contribution in [2.45, 2.75) is 25.3 Å². The van der Waals surface area contributed by atoms with E-state index in [1.165, 1.54) is 17.3 Å². The predicted molar refractivity (Wildman–Crippen MR) is 128 cm³/mol. The highest BCUT2D eigenvalue weighted by Gasteiger charge is 2.27. The van der Waals surface area contributed by atoms with Crippen molar-refractivity contribution in [1.82, 2.24) is 5.32 Å². The van der Waals surface area contributed by atoms with Crippen molar-refractivity contribution in [3.63, 3.8) is 0 Å². The number of hydrogen-bond acceptors (Lipinski definition) is 5. The zero-order chi connectivity index (χ0) is 22.2. The van der Waals surface area contributed by atoms with E-state index in [9.17, 15) is 4.79 Å². The number of hydrogen-bond donors (Lipinski definition) is 2. The van der Waals surface area contributed by atoms with E-state index in [1.54, 1.807) is 13.2 Å². The van der Waals surface area contributed by atoms with Gasteiger partial charge in [-0.15, -0.1) is 13.0 Å². The van der Waals surface area contributed by atoms with Crippen molar-refractivity contribution in [3.8, 4) is 23.8 Å². The van der Waals surface area contributed by atoms with Gasteiger partial charge >= 0.3 is 0 Å². The number of carbonyl (C=O) groups is 1. The van der Waals surface area contributed by atoms with E-state index in [-0.39, 0.29) is 18.0 Å². The van der Waals surface area contributed by atoms with Crippen LogP contribution in [0.3, 0.4) is 0 Å². The first kappa shape index (κ1) is 22.4. The maximum Gasteiger partial charge on any atom is 0.260 e. The zero-order valence-corrected chi connectivity index (χ0v) is 18.6. The Balaban J connectivity index is 1.81. The Morgan fingerprint density at radius 1 is 1.32 bits per heavy atom. The molecular formula is C25H26N2O3S. The zero-order valence-electron chi connectivity index (χ0n) is 17.7. The second kappa shape index (κ2) is 10.6. The number of terminal acetylenes is 1. The SMILES string of the molecule is C#CCOc1c(CC=C)cc(/C=C2\S[C@@H](Nc3ccc(CC)cc3)NC2=O)cc1OC. The van der Waals surface area contributed by atoms with Crippen LogP contribution in [0.4, 0.5) is 5.69 Å². The highest BCUT2D eigenvalue weighted by atomic mass is 32.2. The van der Waals surface area contributed by atoms with Gasteiger partial charge in [0, 0.05) is 11.3 Å². The van der Waals surface area contributed by atoms with Crippen LogP contribution in [0.15, 0.2) is 54.0 Å². The van der Waals surface area contributed by atoms with Crippen LogP contribution in [0, 0.1) is 12.3 Å². The third-order valence-corrected chi connectivity index (χ3v) is 5.76. The summed E-state index contributed by atoms with van der Waals surface area (Å²) in [6, 6.07) is 12.0. The normalized spacial score (nSPS) is 16.5. The van der Waals surface area contributed by atoms with Crippen molar-refractivity contribution in [2.75, 3.05) is 19.0 Å². The lowest BCUT2D eigenvalue weighted by Gasteiger charge is -2.14. The minimum atomic E-state index is -0.237. The molecule has 0 radical (unpaired) electrons. The Bertz CT molecular complexity index is 1020. The molecule has 1 amide bonds. The molecule has 1 aliphatic rings. The maximum atomic E-state index is 12.5. The highest BCUT2D eigenvalue weighted by Crippen LogP contribution is 2.36. The molecule has 2 aromatic rings. The van der Waals surface area contributed by atoms with Gasteiger partial charge in [0.1, 0.15) is 6.61 Å². The number of aryl methyl sites for hydroxylation is 1. The van der Waals surface area contributed by atoms with Gasteiger partial charge in [0.2, 0.25) is 0 Å². The number of rotatable bonds is 9. The topological polar surface area (TPSA) is 59.6 Å². The van der Waals surface area contributed by atoms with E-state index in [0.29, 0.717) is 22.8 Å². The number of thioether (sulfide) groups is 1. The summed E-state index contributed by atoms with van der Waals surface area (Å²) in [5.41, 5.74) is 3.73. The van der Waals surface area contributed by atoms with Crippen LogP contribution in [0.25, 0.3) is 6.08 Å². The number of amides is 1. The molecule has 160 valence electrons. The van der Waals surface area contributed by atoms with E-state index in [2.05, 4.69) is 42.2 Å². The summed E-state index contributed by atoms with van der Waals surface area (Å²) in [5.74, 6) is 3.51. The van der Waals surface area contributed by atoms with Crippen molar-refractivity contribution in [1.29, 1.82) is 0 Å². The fourth-order valence-corrected chi connectivity index (χ4v) is 4.19. The first-order chi connectivity index (χ1) is 15.1. The standard InChI is InChI=1S/C25H26N2O3S/c1-5-8-19-14-18(15-21(29-4)23(19)30-13-6-2)16-22-24(28)27-25(31-22)26-20-11-9-17(7-3)10-12-20/h2,5,9-12,14-16,25-26H,1,7-8,13H2,3-4H3,(H,27,28)/b22-16-/t25-/m0/s1. The van der Waals surface area contributed by atoms with Crippen LogP contribution >= 0.6 is 11.8 Å². The quantitative estimate of drug-likeness (QED) is 0.343. The smallest absolute Gasteiger partial charge is 0.260 e. The van der Waals surface area contributed by atoms with Gasteiger partial charge in [-0.2, -0.15) is 0 Å². The molecule has 31 heavy (non-hydrogen) atoms. The van der Waals surface area contributed by atoms with Crippen LogP contribution in [0.1, 0.15) is 23.6 Å². The largest absolute Gasteiger partial charge is 0.493 e. The van der Waals surface area contributed by atoms with Gasteiger partial charge in [-0.1, -0.05) is 42.8 Å². The molecule has 1 fully saturated rings. The second-order valence-corrected chi connectivity index (χ2v) is 8.02. The second-order valence-electron chi connectivity index (χ2n) is 6.87. The molecule has 2 aromatic carbocycles. The van der Waals surface area contributed by atoms with Crippen LogP contribution in [0.5, 0.6) is 11.5 Å². The molecule has 3 rings (SSSR count). The Hall–Kier alpha value is -3.30. The lowest BCUT2D eigenvalue weighted by Crippen LogP contribution is -2.30. The van der Waals surface area contributed by atoms with Crippen LogP contribution < -0.4 is 20.1 Å². The van der Waals surface area contributed by atoms with Crippen LogP contribution in [-0.2, 0) is 17.6 Å². The molecular weight excluding hydrogens is 408 g/mol. The van der Waals surface area contributed by atoms with E-state index >= 15 is 0 Å². The summed E-state index contributed by atoms with van der Waals surface area (Å²) in [6.07, 6.45) is 10.5. The summed E-state index contributed by atoms with van der Waals surface area (Å²) < 4.78 is 11.2. The number of allylic oxidation sites excluding steroid dienone is 1. The molecule has 1 atom stereocenters. The fourth-order valence-electron chi connectivity index (χ4n) is 3.21. The van der Waals surface area contributed by atoms with E-state index in [4.69, 9.17) is 15.9 Å². The van der Waals surface area contributed by atoms with E-state index < -0.39 is 0 Å². The molecule has 5 nitrogen and oxygen atoms in total. The lowest BCUT2D eigenvalue weighted by molar-refractivity contribution is -0.116. The monoisotopic (exact) mass is 434 g/mol. The van der Waals surface area contributed by atoms with Gasteiger partial charge in [-0.05, 0) is 54.3 Å². The Morgan fingerprint density at radius 3 is 2.74 bits per heavy atom.